The van der Waals surface area contributed by atoms with Crippen LogP contribution in [0.25, 0.3) is 0 Å². The summed E-state index contributed by atoms with van der Waals surface area (Å²) in [7, 11) is 0. The first-order chi connectivity index (χ1) is 7.99. The van der Waals surface area contributed by atoms with E-state index in [1.807, 2.05) is 11.8 Å². The molecule has 0 radical (unpaired) electrons. The lowest BCUT2D eigenvalue weighted by atomic mass is 9.99. The highest BCUT2D eigenvalue weighted by atomic mass is 32.2. The second kappa shape index (κ2) is 7.07. The summed E-state index contributed by atoms with van der Waals surface area (Å²) >= 11 is 1.93. The lowest BCUT2D eigenvalue weighted by Crippen LogP contribution is -2.14. The summed E-state index contributed by atoms with van der Waals surface area (Å²) in [4.78, 5) is 0. The molecular formula is C15H25NS. The Balaban J connectivity index is 2.63. The van der Waals surface area contributed by atoms with Gasteiger partial charge in [-0.15, -0.1) is 0 Å². The lowest BCUT2D eigenvalue weighted by Gasteiger charge is -2.15. The Labute approximate surface area is 110 Å². The molecule has 0 amide bonds. The Hall–Kier alpha value is -0.470. The van der Waals surface area contributed by atoms with Gasteiger partial charge in [-0.2, -0.15) is 11.8 Å². The van der Waals surface area contributed by atoms with Crippen LogP contribution in [-0.2, 0) is 6.42 Å². The molecule has 0 saturated heterocycles. The van der Waals surface area contributed by atoms with Crippen molar-refractivity contribution in [3.63, 3.8) is 0 Å². The van der Waals surface area contributed by atoms with Crippen molar-refractivity contribution in [2.24, 2.45) is 11.7 Å². The van der Waals surface area contributed by atoms with Crippen molar-refractivity contribution >= 4 is 11.8 Å². The van der Waals surface area contributed by atoms with Crippen molar-refractivity contribution in [3.8, 4) is 0 Å². The summed E-state index contributed by atoms with van der Waals surface area (Å²) in [5, 5.41) is 0.653. The minimum atomic E-state index is 0.162. The van der Waals surface area contributed by atoms with Gasteiger partial charge in [0.1, 0.15) is 0 Å². The van der Waals surface area contributed by atoms with E-state index in [1.165, 1.54) is 11.1 Å². The Kier molecular flexibility index (Phi) is 6.07. The minimum absolute atomic E-state index is 0.162. The maximum absolute atomic E-state index is 6.22. The average Bonchev–Trinajstić information content (AvgIpc) is 2.25. The predicted octanol–water partition coefficient (Wildman–Crippen LogP) is 4.03. The van der Waals surface area contributed by atoms with Gasteiger partial charge in [0.25, 0.3) is 0 Å². The summed E-state index contributed by atoms with van der Waals surface area (Å²) < 4.78 is 0. The van der Waals surface area contributed by atoms with E-state index in [9.17, 15) is 0 Å². The summed E-state index contributed by atoms with van der Waals surface area (Å²) in [5.41, 5.74) is 8.90. The molecule has 0 bridgehead atoms. The summed E-state index contributed by atoms with van der Waals surface area (Å²) in [6, 6.07) is 8.91. The zero-order chi connectivity index (χ0) is 12.8. The second-order valence-corrected chi connectivity index (χ2v) is 6.94. The van der Waals surface area contributed by atoms with Gasteiger partial charge < -0.3 is 5.73 Å². The molecule has 0 saturated carbocycles. The van der Waals surface area contributed by atoms with Crippen molar-refractivity contribution in [1.29, 1.82) is 0 Å². The van der Waals surface area contributed by atoms with Gasteiger partial charge in [-0.25, -0.2) is 0 Å². The van der Waals surface area contributed by atoms with E-state index in [1.54, 1.807) is 0 Å². The third kappa shape index (κ3) is 5.60. The van der Waals surface area contributed by atoms with E-state index in [-0.39, 0.29) is 6.04 Å². The Morgan fingerprint density at radius 1 is 1.18 bits per heavy atom. The van der Waals surface area contributed by atoms with Crippen LogP contribution in [0.4, 0.5) is 0 Å². The molecule has 2 N–H and O–H groups in total. The van der Waals surface area contributed by atoms with E-state index >= 15 is 0 Å². The zero-order valence-corrected chi connectivity index (χ0v) is 12.3. The van der Waals surface area contributed by atoms with Gasteiger partial charge in [0.2, 0.25) is 0 Å². The van der Waals surface area contributed by atoms with Crippen LogP contribution < -0.4 is 5.73 Å². The molecule has 1 aromatic rings. The molecular weight excluding hydrogens is 226 g/mol. The second-order valence-electron chi connectivity index (χ2n) is 5.33. The molecule has 1 aromatic carbocycles. The SMILES string of the molecule is CC(C)Cc1cccc(C(N)CSC(C)C)c1. The van der Waals surface area contributed by atoms with Crippen molar-refractivity contribution in [3.05, 3.63) is 35.4 Å². The summed E-state index contributed by atoms with van der Waals surface area (Å²) in [6.45, 7) is 8.93. The van der Waals surface area contributed by atoms with Gasteiger partial charge in [-0.1, -0.05) is 52.0 Å². The lowest BCUT2D eigenvalue weighted by molar-refractivity contribution is 0.646. The quantitative estimate of drug-likeness (QED) is 0.826. The monoisotopic (exact) mass is 251 g/mol. The Morgan fingerprint density at radius 3 is 2.47 bits per heavy atom. The fourth-order valence-electron chi connectivity index (χ4n) is 1.81. The highest BCUT2D eigenvalue weighted by Crippen LogP contribution is 2.21. The molecule has 1 rings (SSSR count). The molecule has 2 heteroatoms. The summed E-state index contributed by atoms with van der Waals surface area (Å²) in [6.07, 6.45) is 1.14. The van der Waals surface area contributed by atoms with Crippen molar-refractivity contribution < 1.29 is 0 Å². The van der Waals surface area contributed by atoms with E-state index in [4.69, 9.17) is 5.73 Å². The van der Waals surface area contributed by atoms with Gasteiger partial charge in [0, 0.05) is 11.8 Å². The number of hydrogen-bond acceptors (Lipinski definition) is 2. The molecule has 96 valence electrons. The normalized spacial score (nSPS) is 13.4. The molecule has 0 spiro atoms. The molecule has 0 heterocycles. The third-order valence-corrected chi connectivity index (χ3v) is 3.85. The Bertz CT molecular complexity index is 333. The maximum atomic E-state index is 6.22. The number of rotatable bonds is 6. The first-order valence-electron chi connectivity index (χ1n) is 6.45. The number of benzene rings is 1. The predicted molar refractivity (Wildman–Crippen MR) is 79.5 cm³/mol. The van der Waals surface area contributed by atoms with Crippen LogP contribution >= 0.6 is 11.8 Å². The highest BCUT2D eigenvalue weighted by molar-refractivity contribution is 7.99. The molecule has 0 fully saturated rings. The fraction of sp³-hybridized carbons (Fsp3) is 0.600. The van der Waals surface area contributed by atoms with Crippen molar-refractivity contribution in [2.75, 3.05) is 5.75 Å². The van der Waals surface area contributed by atoms with Crippen LogP contribution in [0, 0.1) is 5.92 Å². The minimum Gasteiger partial charge on any atom is -0.323 e. The van der Waals surface area contributed by atoms with Crippen LogP contribution in [0.15, 0.2) is 24.3 Å². The van der Waals surface area contributed by atoms with Crippen molar-refractivity contribution in [1.82, 2.24) is 0 Å². The topological polar surface area (TPSA) is 26.0 Å². The molecule has 1 nitrogen and oxygen atoms in total. The number of nitrogens with two attached hydrogens (primary N) is 1. The molecule has 1 atom stereocenters. The van der Waals surface area contributed by atoms with Crippen LogP contribution in [0.5, 0.6) is 0 Å². The first-order valence-corrected chi connectivity index (χ1v) is 7.50. The van der Waals surface area contributed by atoms with E-state index in [2.05, 4.69) is 52.0 Å². The fourth-order valence-corrected chi connectivity index (χ4v) is 2.60. The van der Waals surface area contributed by atoms with Crippen LogP contribution in [-0.4, -0.2) is 11.0 Å². The molecule has 0 aliphatic rings. The van der Waals surface area contributed by atoms with Crippen LogP contribution in [0.1, 0.15) is 44.9 Å². The molecule has 0 aliphatic heterocycles. The molecule has 17 heavy (non-hydrogen) atoms. The molecule has 0 aliphatic carbocycles. The third-order valence-electron chi connectivity index (χ3n) is 2.63. The van der Waals surface area contributed by atoms with E-state index < -0.39 is 0 Å². The van der Waals surface area contributed by atoms with Gasteiger partial charge in [0.15, 0.2) is 0 Å². The molecule has 1 unspecified atom stereocenters. The van der Waals surface area contributed by atoms with Crippen LogP contribution in [0.2, 0.25) is 0 Å². The van der Waals surface area contributed by atoms with E-state index in [0.717, 1.165) is 12.2 Å². The number of hydrogen-bond donors (Lipinski definition) is 1. The average molecular weight is 251 g/mol. The largest absolute Gasteiger partial charge is 0.323 e. The first kappa shape index (κ1) is 14.6. The standard InChI is InChI=1S/C15H25NS/c1-11(2)8-13-6-5-7-14(9-13)15(16)10-17-12(3)4/h5-7,9,11-12,15H,8,10,16H2,1-4H3. The zero-order valence-electron chi connectivity index (χ0n) is 11.4. The summed E-state index contributed by atoms with van der Waals surface area (Å²) in [5.74, 6) is 1.70. The smallest absolute Gasteiger partial charge is 0.0386 e. The van der Waals surface area contributed by atoms with Crippen molar-refractivity contribution in [2.45, 2.75) is 45.4 Å². The van der Waals surface area contributed by atoms with E-state index in [0.29, 0.717) is 11.2 Å². The highest BCUT2D eigenvalue weighted by Gasteiger charge is 2.08. The molecule has 0 aromatic heterocycles. The van der Waals surface area contributed by atoms with Crippen LogP contribution in [0.3, 0.4) is 0 Å². The van der Waals surface area contributed by atoms with Gasteiger partial charge in [-0.05, 0) is 28.7 Å². The maximum Gasteiger partial charge on any atom is 0.0386 e. The van der Waals surface area contributed by atoms with Gasteiger partial charge in [0.05, 0.1) is 0 Å². The number of thioether (sulfide) groups is 1. The van der Waals surface area contributed by atoms with Gasteiger partial charge in [-0.3, -0.25) is 0 Å². The Morgan fingerprint density at radius 2 is 1.88 bits per heavy atom. The van der Waals surface area contributed by atoms with Gasteiger partial charge >= 0.3 is 0 Å².